The molecule has 3 rings (SSSR count). The third-order valence-electron chi connectivity index (χ3n) is 3.04. The first kappa shape index (κ1) is 11.2. The molecule has 3 aromatic rings. The third kappa shape index (κ3) is 1.44. The summed E-state index contributed by atoms with van der Waals surface area (Å²) in [7, 11) is 0. The van der Waals surface area contributed by atoms with Crippen molar-refractivity contribution in [2.24, 2.45) is 0 Å². The molecule has 0 aliphatic rings. The normalized spacial score (nSPS) is 11.3. The first-order chi connectivity index (χ1) is 8.59. The molecule has 92 valence electrons. The first-order valence-corrected chi connectivity index (χ1v) is 5.89. The number of hydrogen-bond acceptors (Lipinski definition) is 4. The van der Waals surface area contributed by atoms with Crippen molar-refractivity contribution in [2.75, 3.05) is 0 Å². The van der Waals surface area contributed by atoms with Crippen LogP contribution in [-0.2, 0) is 0 Å². The van der Waals surface area contributed by atoms with Gasteiger partial charge in [0.25, 0.3) is 0 Å². The van der Waals surface area contributed by atoms with E-state index in [1.165, 1.54) is 0 Å². The van der Waals surface area contributed by atoms with Gasteiger partial charge in [0.2, 0.25) is 5.82 Å². The van der Waals surface area contributed by atoms with Gasteiger partial charge in [0, 0.05) is 5.69 Å². The van der Waals surface area contributed by atoms with E-state index in [-0.39, 0.29) is 0 Å². The highest BCUT2D eigenvalue weighted by Gasteiger charge is 2.18. The van der Waals surface area contributed by atoms with Gasteiger partial charge in [-0.05, 0) is 32.4 Å². The maximum atomic E-state index is 6.08. The number of furan rings is 1. The van der Waals surface area contributed by atoms with Crippen molar-refractivity contribution in [1.82, 2.24) is 19.6 Å². The van der Waals surface area contributed by atoms with Crippen LogP contribution < -0.4 is 0 Å². The molecule has 0 unspecified atom stereocenters. The SMILES string of the molecule is Cc1ccoc1-c1nnc2c(Cl)nc(C)c(C)n12. The first-order valence-electron chi connectivity index (χ1n) is 5.52. The fourth-order valence-corrected chi connectivity index (χ4v) is 2.17. The zero-order valence-electron chi connectivity index (χ0n) is 10.2. The van der Waals surface area contributed by atoms with Crippen LogP contribution in [0.1, 0.15) is 17.0 Å². The summed E-state index contributed by atoms with van der Waals surface area (Å²) in [5, 5.41) is 8.58. The zero-order valence-corrected chi connectivity index (χ0v) is 11.0. The average Bonchev–Trinajstić information content (AvgIpc) is 2.91. The summed E-state index contributed by atoms with van der Waals surface area (Å²) in [6.07, 6.45) is 1.64. The van der Waals surface area contributed by atoms with Crippen molar-refractivity contribution in [2.45, 2.75) is 20.8 Å². The van der Waals surface area contributed by atoms with Crippen molar-refractivity contribution >= 4 is 17.2 Å². The molecular weight excluding hydrogens is 252 g/mol. The molecule has 0 saturated heterocycles. The van der Waals surface area contributed by atoms with Crippen LogP contribution in [0, 0.1) is 20.8 Å². The van der Waals surface area contributed by atoms with Gasteiger partial charge in [-0.15, -0.1) is 10.2 Å². The number of aryl methyl sites for hydroxylation is 3. The lowest BCUT2D eigenvalue weighted by Crippen LogP contribution is -2.00. The number of fused-ring (bicyclic) bond motifs is 1. The smallest absolute Gasteiger partial charge is 0.204 e. The Morgan fingerprint density at radius 2 is 2.00 bits per heavy atom. The van der Waals surface area contributed by atoms with Crippen LogP contribution >= 0.6 is 11.6 Å². The topological polar surface area (TPSA) is 56.2 Å². The van der Waals surface area contributed by atoms with Gasteiger partial charge in [0.05, 0.1) is 12.0 Å². The largest absolute Gasteiger partial charge is 0.461 e. The van der Waals surface area contributed by atoms with Crippen molar-refractivity contribution in [3.63, 3.8) is 0 Å². The van der Waals surface area contributed by atoms with Gasteiger partial charge in [0.15, 0.2) is 16.6 Å². The molecule has 0 saturated carbocycles. The number of rotatable bonds is 1. The number of halogens is 1. The molecule has 0 atom stereocenters. The monoisotopic (exact) mass is 262 g/mol. The van der Waals surface area contributed by atoms with Crippen LogP contribution in [0.15, 0.2) is 16.7 Å². The zero-order chi connectivity index (χ0) is 12.9. The Morgan fingerprint density at radius 3 is 2.67 bits per heavy atom. The lowest BCUT2D eigenvalue weighted by Gasteiger charge is -2.06. The van der Waals surface area contributed by atoms with Crippen LogP contribution in [0.3, 0.4) is 0 Å². The minimum atomic E-state index is 0.348. The van der Waals surface area contributed by atoms with Gasteiger partial charge in [-0.3, -0.25) is 4.40 Å². The van der Waals surface area contributed by atoms with Crippen molar-refractivity contribution in [3.05, 3.63) is 34.4 Å². The Morgan fingerprint density at radius 1 is 1.22 bits per heavy atom. The minimum Gasteiger partial charge on any atom is -0.461 e. The molecule has 0 fully saturated rings. The van der Waals surface area contributed by atoms with E-state index in [2.05, 4.69) is 15.2 Å². The van der Waals surface area contributed by atoms with Gasteiger partial charge >= 0.3 is 0 Å². The molecule has 18 heavy (non-hydrogen) atoms. The molecule has 0 bridgehead atoms. The summed E-state index contributed by atoms with van der Waals surface area (Å²) in [5.41, 5.74) is 3.35. The fourth-order valence-electron chi connectivity index (χ4n) is 1.92. The summed E-state index contributed by atoms with van der Waals surface area (Å²) in [4.78, 5) is 4.23. The lowest BCUT2D eigenvalue weighted by atomic mass is 10.2. The summed E-state index contributed by atoms with van der Waals surface area (Å²) in [5.74, 6) is 1.35. The summed E-state index contributed by atoms with van der Waals surface area (Å²) in [6, 6.07) is 1.89. The Bertz CT molecular complexity index is 744. The van der Waals surface area contributed by atoms with Gasteiger partial charge in [-0.25, -0.2) is 4.98 Å². The van der Waals surface area contributed by atoms with E-state index in [9.17, 15) is 0 Å². The maximum absolute atomic E-state index is 6.08. The molecule has 0 amide bonds. The Labute approximate surface area is 108 Å². The van der Waals surface area contributed by atoms with Crippen molar-refractivity contribution < 1.29 is 4.42 Å². The molecular formula is C12H11ClN4O. The van der Waals surface area contributed by atoms with E-state index < -0.39 is 0 Å². The Balaban J connectivity index is 2.42. The van der Waals surface area contributed by atoms with E-state index in [4.69, 9.17) is 16.0 Å². The van der Waals surface area contributed by atoms with Crippen LogP contribution in [0.4, 0.5) is 0 Å². The molecule has 3 heterocycles. The lowest BCUT2D eigenvalue weighted by molar-refractivity contribution is 0.574. The molecule has 0 aromatic carbocycles. The van der Waals surface area contributed by atoms with E-state index in [1.54, 1.807) is 6.26 Å². The quantitative estimate of drug-likeness (QED) is 0.677. The average molecular weight is 263 g/mol. The summed E-state index contributed by atoms with van der Waals surface area (Å²) >= 11 is 6.08. The van der Waals surface area contributed by atoms with E-state index >= 15 is 0 Å². The number of aromatic nitrogens is 4. The van der Waals surface area contributed by atoms with Gasteiger partial charge in [-0.1, -0.05) is 11.6 Å². The van der Waals surface area contributed by atoms with E-state index in [0.29, 0.717) is 22.4 Å². The van der Waals surface area contributed by atoms with Gasteiger partial charge in [-0.2, -0.15) is 0 Å². The molecule has 0 radical (unpaired) electrons. The fraction of sp³-hybridized carbons (Fsp3) is 0.250. The molecule has 6 heteroatoms. The van der Waals surface area contributed by atoms with Crippen LogP contribution in [-0.4, -0.2) is 19.6 Å². The minimum absolute atomic E-state index is 0.348. The second kappa shape index (κ2) is 3.81. The molecule has 0 spiro atoms. The highest BCUT2D eigenvalue weighted by atomic mass is 35.5. The maximum Gasteiger partial charge on any atom is 0.204 e. The van der Waals surface area contributed by atoms with Gasteiger partial charge < -0.3 is 4.42 Å². The number of nitrogens with zero attached hydrogens (tertiary/aromatic N) is 4. The summed E-state index contributed by atoms with van der Waals surface area (Å²) in [6.45, 7) is 5.82. The molecule has 0 aliphatic heterocycles. The second-order valence-corrected chi connectivity index (χ2v) is 4.55. The van der Waals surface area contributed by atoms with Crippen LogP contribution in [0.2, 0.25) is 5.15 Å². The van der Waals surface area contributed by atoms with Crippen molar-refractivity contribution in [1.29, 1.82) is 0 Å². The van der Waals surface area contributed by atoms with Crippen molar-refractivity contribution in [3.8, 4) is 11.6 Å². The standard InChI is InChI=1S/C12H11ClN4O/c1-6-4-5-18-9(6)11-15-16-12-10(13)14-7(2)8(3)17(11)12/h4-5H,1-3H3. The van der Waals surface area contributed by atoms with E-state index in [1.807, 2.05) is 31.2 Å². The predicted molar refractivity (Wildman–Crippen MR) is 67.7 cm³/mol. The molecule has 0 aliphatic carbocycles. The Hall–Kier alpha value is -1.88. The highest BCUT2D eigenvalue weighted by molar-refractivity contribution is 6.32. The van der Waals surface area contributed by atoms with Crippen LogP contribution in [0.5, 0.6) is 0 Å². The highest BCUT2D eigenvalue weighted by Crippen LogP contribution is 2.26. The number of hydrogen-bond donors (Lipinski definition) is 0. The summed E-state index contributed by atoms with van der Waals surface area (Å²) < 4.78 is 7.34. The predicted octanol–water partition coefficient (Wildman–Crippen LogP) is 2.96. The van der Waals surface area contributed by atoms with Gasteiger partial charge in [0.1, 0.15) is 0 Å². The van der Waals surface area contributed by atoms with Crippen LogP contribution in [0.25, 0.3) is 17.2 Å². The van der Waals surface area contributed by atoms with E-state index in [0.717, 1.165) is 17.0 Å². The Kier molecular flexibility index (Phi) is 2.38. The molecule has 3 aromatic heterocycles. The third-order valence-corrected chi connectivity index (χ3v) is 3.29. The second-order valence-electron chi connectivity index (χ2n) is 4.19. The molecule has 5 nitrogen and oxygen atoms in total. The molecule has 0 N–H and O–H groups in total.